The number of para-hydroxylation sites is 1. The summed E-state index contributed by atoms with van der Waals surface area (Å²) in [5, 5.41) is 3.29. The van der Waals surface area contributed by atoms with Gasteiger partial charge in [0.2, 0.25) is 5.91 Å². The maximum Gasteiger partial charge on any atom is 0.228 e. The van der Waals surface area contributed by atoms with E-state index in [-0.39, 0.29) is 22.4 Å². The van der Waals surface area contributed by atoms with Gasteiger partial charge in [0.1, 0.15) is 22.8 Å². The van der Waals surface area contributed by atoms with Crippen molar-refractivity contribution in [1.82, 2.24) is 15.0 Å². The first kappa shape index (κ1) is 21.9. The molecule has 2 heterocycles. The van der Waals surface area contributed by atoms with Crippen LogP contribution in [0.5, 0.6) is 11.5 Å². The zero-order chi connectivity index (χ0) is 22.7. The van der Waals surface area contributed by atoms with Crippen molar-refractivity contribution >= 4 is 45.8 Å². The third kappa shape index (κ3) is 4.49. The number of rotatable bonds is 7. The molecule has 7 nitrogen and oxygen atoms in total. The lowest BCUT2D eigenvalue weighted by atomic mass is 10.1. The Kier molecular flexibility index (Phi) is 6.48. The summed E-state index contributed by atoms with van der Waals surface area (Å²) in [5.41, 5.74) is 3.45. The third-order valence-electron chi connectivity index (χ3n) is 4.98. The van der Waals surface area contributed by atoms with E-state index in [2.05, 4.69) is 15.3 Å². The molecule has 0 atom stereocenters. The minimum Gasteiger partial charge on any atom is -0.496 e. The molecule has 0 fully saturated rings. The van der Waals surface area contributed by atoms with Crippen LogP contribution in [0.4, 0.5) is 5.69 Å². The summed E-state index contributed by atoms with van der Waals surface area (Å²) in [5.74, 6) is 1.88. The van der Waals surface area contributed by atoms with Crippen LogP contribution in [0.25, 0.3) is 11.0 Å². The van der Waals surface area contributed by atoms with E-state index in [0.29, 0.717) is 23.4 Å². The highest BCUT2D eigenvalue weighted by Crippen LogP contribution is 2.31. The number of anilines is 1. The fourth-order valence-corrected chi connectivity index (χ4v) is 3.94. The average molecular weight is 471 g/mol. The number of imidazole rings is 1. The number of nitrogens with zero attached hydrogens (tertiary/aromatic N) is 2. The van der Waals surface area contributed by atoms with Gasteiger partial charge in [-0.2, -0.15) is 0 Å². The Morgan fingerprint density at radius 2 is 1.72 bits per heavy atom. The van der Waals surface area contributed by atoms with Gasteiger partial charge < -0.3 is 19.8 Å². The van der Waals surface area contributed by atoms with Gasteiger partial charge in [-0.05, 0) is 17.7 Å². The van der Waals surface area contributed by atoms with Crippen LogP contribution in [0.2, 0.25) is 10.0 Å². The summed E-state index contributed by atoms with van der Waals surface area (Å²) < 4.78 is 10.9. The smallest absolute Gasteiger partial charge is 0.228 e. The molecule has 0 saturated carbocycles. The maximum atomic E-state index is 12.7. The van der Waals surface area contributed by atoms with Crippen molar-refractivity contribution in [2.75, 3.05) is 19.5 Å². The minimum absolute atomic E-state index is 0.0778. The Morgan fingerprint density at radius 3 is 2.44 bits per heavy atom. The van der Waals surface area contributed by atoms with E-state index in [9.17, 15) is 4.79 Å². The lowest BCUT2D eigenvalue weighted by Crippen LogP contribution is -2.15. The van der Waals surface area contributed by atoms with Crippen molar-refractivity contribution < 1.29 is 14.3 Å². The topological polar surface area (TPSA) is 89.1 Å². The van der Waals surface area contributed by atoms with Gasteiger partial charge in [-0.1, -0.05) is 47.5 Å². The van der Waals surface area contributed by atoms with Gasteiger partial charge in [-0.25, -0.2) is 4.98 Å². The summed E-state index contributed by atoms with van der Waals surface area (Å²) in [6.45, 7) is 0. The van der Waals surface area contributed by atoms with E-state index >= 15 is 0 Å². The maximum absolute atomic E-state index is 12.7. The fourth-order valence-electron chi connectivity index (χ4n) is 3.48. The van der Waals surface area contributed by atoms with Crippen LogP contribution >= 0.6 is 23.2 Å². The molecular formula is C23H20Cl2N4O3. The number of aromatic amines is 1. The van der Waals surface area contributed by atoms with Gasteiger partial charge >= 0.3 is 0 Å². The van der Waals surface area contributed by atoms with Crippen molar-refractivity contribution in [2.45, 2.75) is 12.8 Å². The second kappa shape index (κ2) is 9.46. The zero-order valence-corrected chi connectivity index (χ0v) is 18.9. The molecule has 2 aromatic carbocycles. The zero-order valence-electron chi connectivity index (χ0n) is 17.4. The number of pyridine rings is 1. The molecule has 0 bridgehead atoms. The number of ether oxygens (including phenoxy) is 2. The van der Waals surface area contributed by atoms with E-state index < -0.39 is 0 Å². The Hall–Kier alpha value is -3.29. The van der Waals surface area contributed by atoms with Gasteiger partial charge in [-0.15, -0.1) is 0 Å². The number of halogens is 2. The quantitative estimate of drug-likeness (QED) is 0.394. The molecule has 1 amide bonds. The fraction of sp³-hybridized carbons (Fsp3) is 0.174. The number of fused-ring (bicyclic) bond motifs is 1. The van der Waals surface area contributed by atoms with Gasteiger partial charge in [0.25, 0.3) is 0 Å². The SMILES string of the molecule is COc1ccccc1Cc1nc2c(CC(=O)Nc3c(Cl)cncc3Cl)ccc(OC)c2[nH]1. The Labute approximate surface area is 194 Å². The summed E-state index contributed by atoms with van der Waals surface area (Å²) >= 11 is 12.2. The van der Waals surface area contributed by atoms with Crippen molar-refractivity contribution in [3.63, 3.8) is 0 Å². The molecule has 0 aliphatic heterocycles. The molecule has 4 aromatic rings. The number of hydrogen-bond donors (Lipinski definition) is 2. The number of aromatic nitrogens is 3. The number of methoxy groups -OCH3 is 2. The number of H-pyrrole nitrogens is 1. The van der Waals surface area contributed by atoms with Crippen LogP contribution in [0.15, 0.2) is 48.8 Å². The molecule has 2 aromatic heterocycles. The molecule has 9 heteroatoms. The molecule has 0 aliphatic rings. The summed E-state index contributed by atoms with van der Waals surface area (Å²) in [6.07, 6.45) is 3.46. The van der Waals surface area contributed by atoms with Crippen LogP contribution < -0.4 is 14.8 Å². The molecular weight excluding hydrogens is 451 g/mol. The first-order valence-corrected chi connectivity index (χ1v) is 10.5. The summed E-state index contributed by atoms with van der Waals surface area (Å²) in [7, 11) is 3.23. The number of nitrogens with one attached hydrogen (secondary N) is 2. The van der Waals surface area contributed by atoms with E-state index in [1.54, 1.807) is 14.2 Å². The van der Waals surface area contributed by atoms with E-state index in [1.165, 1.54) is 12.4 Å². The molecule has 0 saturated heterocycles. The van der Waals surface area contributed by atoms with Gasteiger partial charge in [0.15, 0.2) is 0 Å². The van der Waals surface area contributed by atoms with Crippen molar-refractivity contribution in [3.05, 3.63) is 75.8 Å². The molecule has 0 aliphatic carbocycles. The number of benzene rings is 2. The highest BCUT2D eigenvalue weighted by molar-refractivity contribution is 6.39. The van der Waals surface area contributed by atoms with Crippen LogP contribution in [0.1, 0.15) is 17.0 Å². The Bertz CT molecular complexity index is 1270. The molecule has 2 N–H and O–H groups in total. The first-order chi connectivity index (χ1) is 15.5. The monoisotopic (exact) mass is 470 g/mol. The Morgan fingerprint density at radius 1 is 1.00 bits per heavy atom. The van der Waals surface area contributed by atoms with E-state index in [0.717, 1.165) is 28.2 Å². The standard InChI is InChI=1S/C23H20Cl2N4O3/c1-31-17-6-4-3-5-13(17)9-19-27-21-14(7-8-18(32-2)23(21)28-19)10-20(30)29-22-15(24)11-26-12-16(22)25/h3-8,11-12H,9-10H2,1-2H3,(H,27,28)(H,26,29,30). The van der Waals surface area contributed by atoms with Crippen LogP contribution in [-0.4, -0.2) is 35.1 Å². The van der Waals surface area contributed by atoms with Gasteiger partial charge in [-0.3, -0.25) is 9.78 Å². The molecule has 0 spiro atoms. The molecule has 32 heavy (non-hydrogen) atoms. The highest BCUT2D eigenvalue weighted by Gasteiger charge is 2.17. The molecule has 4 rings (SSSR count). The van der Waals surface area contributed by atoms with Crippen LogP contribution in [0.3, 0.4) is 0 Å². The van der Waals surface area contributed by atoms with E-state index in [1.807, 2.05) is 36.4 Å². The van der Waals surface area contributed by atoms with Gasteiger partial charge in [0.05, 0.1) is 41.9 Å². The first-order valence-electron chi connectivity index (χ1n) is 9.75. The predicted octanol–water partition coefficient (Wildman–Crippen LogP) is 5.05. The van der Waals surface area contributed by atoms with Crippen LogP contribution in [0, 0.1) is 0 Å². The summed E-state index contributed by atoms with van der Waals surface area (Å²) in [6, 6.07) is 11.4. The lowest BCUT2D eigenvalue weighted by molar-refractivity contribution is -0.115. The predicted molar refractivity (Wildman–Crippen MR) is 125 cm³/mol. The number of hydrogen-bond acceptors (Lipinski definition) is 5. The molecule has 0 radical (unpaired) electrons. The lowest BCUT2D eigenvalue weighted by Gasteiger charge is -2.09. The van der Waals surface area contributed by atoms with E-state index in [4.69, 9.17) is 37.7 Å². The average Bonchev–Trinajstić information content (AvgIpc) is 3.21. The second-order valence-electron chi connectivity index (χ2n) is 7.03. The number of amides is 1. The Balaban J connectivity index is 1.64. The molecule has 0 unspecified atom stereocenters. The molecule has 164 valence electrons. The third-order valence-corrected chi connectivity index (χ3v) is 5.55. The van der Waals surface area contributed by atoms with Crippen molar-refractivity contribution in [3.8, 4) is 11.5 Å². The highest BCUT2D eigenvalue weighted by atomic mass is 35.5. The second-order valence-corrected chi connectivity index (χ2v) is 7.84. The summed E-state index contributed by atoms with van der Waals surface area (Å²) in [4.78, 5) is 24.7. The normalized spacial score (nSPS) is 10.9. The van der Waals surface area contributed by atoms with Crippen molar-refractivity contribution in [2.24, 2.45) is 0 Å². The minimum atomic E-state index is -0.277. The number of carbonyl (C=O) groups excluding carboxylic acids is 1. The largest absolute Gasteiger partial charge is 0.496 e. The van der Waals surface area contributed by atoms with Gasteiger partial charge in [0, 0.05) is 24.4 Å². The van der Waals surface area contributed by atoms with Crippen LogP contribution in [-0.2, 0) is 17.6 Å². The van der Waals surface area contributed by atoms with Crippen molar-refractivity contribution in [1.29, 1.82) is 0 Å². The number of carbonyl (C=O) groups is 1.